The third kappa shape index (κ3) is 25.9. The molecule has 20 fully saturated rings. The first-order valence-electron chi connectivity index (χ1n) is 49.8. The van der Waals surface area contributed by atoms with Gasteiger partial charge in [-0.25, -0.2) is 28.1 Å². The van der Waals surface area contributed by atoms with Crippen molar-refractivity contribution in [3.05, 3.63) is 200 Å². The van der Waals surface area contributed by atoms with Crippen molar-refractivity contribution >= 4 is 34.8 Å². The van der Waals surface area contributed by atoms with Crippen LogP contribution in [0.15, 0.2) is 123 Å². The average Bonchev–Trinajstić information content (AvgIpc) is 0.796. The van der Waals surface area contributed by atoms with E-state index in [-0.39, 0.29) is 45.1 Å². The van der Waals surface area contributed by atoms with Crippen molar-refractivity contribution in [1.29, 1.82) is 0 Å². The molecule has 0 aliphatic carbocycles. The first-order valence-corrected chi connectivity index (χ1v) is 51.0. The summed E-state index contributed by atoms with van der Waals surface area (Å²) in [7, 11) is 1.59. The zero-order valence-electron chi connectivity index (χ0n) is 84.9. The molecule has 0 spiro atoms. The van der Waals surface area contributed by atoms with Crippen LogP contribution in [0.3, 0.4) is 0 Å². The second-order valence-electron chi connectivity index (χ2n) is 47.8. The van der Waals surface area contributed by atoms with Gasteiger partial charge < -0.3 is 4.74 Å². The fourth-order valence-electron chi connectivity index (χ4n) is 22.7. The monoisotopic (exact) mass is 1920 g/mol. The second kappa shape index (κ2) is 42.2. The minimum absolute atomic E-state index is 0.180. The van der Waals surface area contributed by atoms with Crippen LogP contribution < -0.4 is 4.74 Å². The van der Waals surface area contributed by atoms with Crippen LogP contribution in [-0.4, -0.2) is 326 Å². The van der Waals surface area contributed by atoms with Crippen LogP contribution in [-0.2, 0) is 45.8 Å². The molecule has 29 heteroatoms. The van der Waals surface area contributed by atoms with E-state index in [0.29, 0.717) is 124 Å². The van der Waals surface area contributed by atoms with Crippen LogP contribution in [0.5, 0.6) is 5.88 Å². The average molecular weight is 1920 g/mol. The third-order valence-corrected chi connectivity index (χ3v) is 32.0. The molecule has 740 valence electrons. The van der Waals surface area contributed by atoms with Crippen LogP contribution >= 0.6 is 34.8 Å². The highest BCUT2D eigenvalue weighted by Gasteiger charge is 2.54. The molecule has 14 bridgehead atoms. The van der Waals surface area contributed by atoms with Gasteiger partial charge in [0, 0.05) is 304 Å². The van der Waals surface area contributed by atoms with Crippen LogP contribution in [0.25, 0.3) is 0 Å². The Labute approximate surface area is 819 Å². The second-order valence-corrected chi connectivity index (χ2v) is 49.0. The van der Waals surface area contributed by atoms with Crippen LogP contribution in [0.1, 0.15) is 230 Å². The number of ether oxygens (including phenoxy) is 1. The number of aromatic nitrogens is 7. The number of rotatable bonds is 15. The molecule has 27 heterocycles. The first kappa shape index (κ1) is 103. The minimum atomic E-state index is -0.397. The van der Waals surface area contributed by atoms with Crippen molar-refractivity contribution in [2.75, 3.05) is 98.7 Å². The van der Waals surface area contributed by atoms with Crippen molar-refractivity contribution in [3.63, 3.8) is 0 Å². The number of hydrogen-bond acceptors (Lipinski definition) is 22. The maximum absolute atomic E-state index is 13.7. The lowest BCUT2D eigenvalue weighted by atomic mass is 9.84. The summed E-state index contributed by atoms with van der Waals surface area (Å²) < 4.78 is 57.6. The van der Waals surface area contributed by atoms with Gasteiger partial charge in [-0.05, 0) is 273 Å². The molecule has 0 saturated carbocycles. The summed E-state index contributed by atoms with van der Waals surface area (Å²) in [6.07, 6.45) is 24.3. The summed E-state index contributed by atoms with van der Waals surface area (Å²) in [6, 6.07) is 28.5. The van der Waals surface area contributed by atoms with Crippen molar-refractivity contribution in [2.24, 2.45) is 0 Å². The van der Waals surface area contributed by atoms with E-state index in [0.717, 1.165) is 127 Å². The van der Waals surface area contributed by atoms with E-state index in [1.807, 2.05) is 42.9 Å². The summed E-state index contributed by atoms with van der Waals surface area (Å²) in [5, 5.41) is 1.91. The van der Waals surface area contributed by atoms with E-state index in [4.69, 9.17) is 39.5 Å². The fourth-order valence-corrected chi connectivity index (χ4v) is 23.3. The molecule has 0 N–H and O–H groups in total. The van der Waals surface area contributed by atoms with Gasteiger partial charge in [-0.2, -0.15) is 4.39 Å². The standard InChI is InChI=1S/C16H24ClN3O.2C15H22ClN3.4C15H22FN3/c1-16(2,3)19-9-12-6-13(10-19)20(12)8-11-5-14(17)15(21-4)18-7-11;1-15(2,3)18-9-13-5-14(10-18)19(13)8-11-4-12(16)7-17-6-11;1-15(2,3)18-9-12-6-13(10-18)19(12)8-11-4-5-14(16)17-7-11;1-15(2,3)18-9-13-5-14(10-18)19(13)8-11-4-12(16)7-17-6-11;1-15(2,3)18-9-13-6-14(10-18)19(13)8-12-5-4-11(16)7-17-12;1-15(2,3)18-9-12-6-13(10-18)19(12)8-11-4-5-14(16)17-7-11;1-15(2,3)18-8-11-7-12(9-18)19(11)10-14-13(16)5-4-6-17-14/h5,7,12-13H,6,8-10H2,1-4H3;4,6-7,13-14H,5,8-10H2,1-3H3;4-5,7,12-13H,6,8-10H2,1-3H3;4,6-7,13-14H,5,8-10H2,1-3H3;4-5,7,13-14H,6,8-10H2,1-3H3;4-5,7,12-13H,6,8-10H2,1-3H3;4-6,11-12H,7-10H2,1-3H3. The number of hydrogen-bond donors (Lipinski definition) is 0. The van der Waals surface area contributed by atoms with E-state index < -0.39 is 5.95 Å². The Hall–Kier alpha value is -6.12. The van der Waals surface area contributed by atoms with Gasteiger partial charge in [0.15, 0.2) is 0 Å². The largest absolute Gasteiger partial charge is 0.480 e. The van der Waals surface area contributed by atoms with Crippen molar-refractivity contribution in [2.45, 2.75) is 360 Å². The zero-order chi connectivity index (χ0) is 96.9. The summed E-state index contributed by atoms with van der Waals surface area (Å²) >= 11 is 18.0. The Morgan fingerprint density at radius 2 is 0.630 bits per heavy atom. The Morgan fingerprint density at radius 1 is 0.304 bits per heavy atom. The molecule has 0 radical (unpaired) electrons. The molecule has 7 aromatic rings. The predicted molar refractivity (Wildman–Crippen MR) is 535 cm³/mol. The molecule has 22 nitrogen and oxygen atoms in total. The van der Waals surface area contributed by atoms with Gasteiger partial charge in [0.05, 0.1) is 35.9 Å². The summed E-state index contributed by atoms with van der Waals surface area (Å²) in [4.78, 5) is 64.4. The number of halogens is 7. The molecule has 14 atom stereocenters. The van der Waals surface area contributed by atoms with E-state index in [9.17, 15) is 17.6 Å². The quantitative estimate of drug-likeness (QED) is 0.0708. The topological polar surface area (TPSA) is 145 Å². The number of pyridine rings is 7. The van der Waals surface area contributed by atoms with Crippen LogP contribution in [0.2, 0.25) is 15.2 Å². The van der Waals surface area contributed by atoms with Gasteiger partial charge in [-0.15, -0.1) is 0 Å². The molecule has 0 aromatic carbocycles. The number of likely N-dealkylation sites (tertiary alicyclic amines) is 2. The van der Waals surface area contributed by atoms with Crippen molar-refractivity contribution in [1.82, 2.24) is 103 Å². The molecule has 20 aliphatic rings. The number of nitrogens with zero attached hydrogens (tertiary/aromatic N) is 21. The Kier molecular flexibility index (Phi) is 32.3. The number of piperidine rings is 7. The van der Waals surface area contributed by atoms with Gasteiger partial charge in [-0.1, -0.05) is 46.9 Å². The summed E-state index contributed by atoms with van der Waals surface area (Å²) in [6.45, 7) is 70.4. The number of fused-ring (bicyclic) bond motifs is 14. The molecule has 14 unspecified atom stereocenters. The molecule has 20 saturated heterocycles. The lowest BCUT2D eigenvalue weighted by Crippen LogP contribution is -2.70. The highest BCUT2D eigenvalue weighted by atomic mass is 35.5. The Balaban J connectivity index is 0.000000120. The Bertz CT molecular complexity index is 4660. The maximum atomic E-state index is 13.7. The normalized spacial score (nSPS) is 27.9. The third-order valence-electron chi connectivity index (χ3n) is 31.3. The SMILES string of the molecule is CC(C)(C)N1CC2CC(C1)N2Cc1ccc(Cl)nc1.CC(C)(C)N1CC2CC(C1)N2Cc1ccc(F)cn1.CC(C)(C)N1CC2CC(C1)N2Cc1ccc(F)nc1.CC(C)(C)N1CC2CC(C1)N2Cc1cncc(Cl)c1.CC(C)(C)N1CC2CC(C1)N2Cc1cncc(F)c1.CC(C)(C)N1CC2CC(C1)N2Cc1ncccc1F.COc1ncc(CN2C3CC2CN(C(C)(C)C)C3)cc1Cl. The molecule has 135 heavy (non-hydrogen) atoms. The summed E-state index contributed by atoms with van der Waals surface area (Å²) in [5.74, 6) is -0.569. The highest BCUT2D eigenvalue weighted by molar-refractivity contribution is 6.32. The van der Waals surface area contributed by atoms with E-state index in [2.05, 4.69) is 255 Å². The predicted octanol–water partition coefficient (Wildman–Crippen LogP) is 17.5. The highest BCUT2D eigenvalue weighted by Crippen LogP contribution is 2.45. The molecule has 27 rings (SSSR count). The van der Waals surface area contributed by atoms with Gasteiger partial charge >= 0.3 is 0 Å². The van der Waals surface area contributed by atoms with Gasteiger partial charge in [0.2, 0.25) is 11.8 Å². The molecular weight excluding hydrogens is 1770 g/mol. The lowest BCUT2D eigenvalue weighted by Gasteiger charge is -2.59. The molecule has 0 amide bonds. The van der Waals surface area contributed by atoms with E-state index in [1.54, 1.807) is 50.1 Å². The molecule has 7 aromatic heterocycles. The van der Waals surface area contributed by atoms with E-state index in [1.165, 1.54) is 118 Å². The first-order chi connectivity index (χ1) is 63.5. The van der Waals surface area contributed by atoms with Gasteiger partial charge in [0.1, 0.15) is 27.6 Å². The summed E-state index contributed by atoms with van der Waals surface area (Å²) in [5.41, 5.74) is 9.19. The zero-order valence-corrected chi connectivity index (χ0v) is 87.1. The van der Waals surface area contributed by atoms with E-state index >= 15 is 0 Å². The molecular formula is C106H156Cl3F4N21O. The molecule has 20 aliphatic heterocycles. The van der Waals surface area contributed by atoms with Crippen LogP contribution in [0, 0.1) is 23.4 Å². The minimum Gasteiger partial charge on any atom is -0.480 e. The number of methoxy groups -OCH3 is 1. The lowest BCUT2D eigenvalue weighted by molar-refractivity contribution is -0.101. The maximum Gasteiger partial charge on any atom is 0.232 e. The number of piperazine rings is 7. The van der Waals surface area contributed by atoms with Gasteiger partial charge in [-0.3, -0.25) is 88.5 Å². The van der Waals surface area contributed by atoms with Crippen molar-refractivity contribution in [3.8, 4) is 5.88 Å². The smallest absolute Gasteiger partial charge is 0.232 e. The van der Waals surface area contributed by atoms with Crippen LogP contribution in [0.4, 0.5) is 17.6 Å². The Morgan fingerprint density at radius 3 is 0.933 bits per heavy atom. The fraction of sp³-hybridized carbons (Fsp3) is 0.670. The van der Waals surface area contributed by atoms with Gasteiger partial charge in [0.25, 0.3) is 0 Å². The van der Waals surface area contributed by atoms with Crippen molar-refractivity contribution < 1.29 is 22.3 Å².